The first-order valence-corrected chi connectivity index (χ1v) is 10.7. The van der Waals surface area contributed by atoms with Gasteiger partial charge in [0.05, 0.1) is 4.92 Å². The van der Waals surface area contributed by atoms with Gasteiger partial charge < -0.3 is 10.2 Å². The lowest BCUT2D eigenvalue weighted by molar-refractivity contribution is -0.384. The first-order chi connectivity index (χ1) is 15.5. The first kappa shape index (κ1) is 21.5. The minimum absolute atomic E-state index is 0.0841. The minimum Gasteiger partial charge on any atom is -0.363 e. The molecule has 4 rings (SSSR count). The summed E-state index contributed by atoms with van der Waals surface area (Å²) < 4.78 is 0. The van der Waals surface area contributed by atoms with E-state index in [2.05, 4.69) is 10.2 Å². The van der Waals surface area contributed by atoms with Gasteiger partial charge in [0.15, 0.2) is 0 Å². The Morgan fingerprint density at radius 1 is 0.906 bits per heavy atom. The Kier molecular flexibility index (Phi) is 6.47. The molecular weight excluding hydrogens is 404 g/mol. The third-order valence-corrected chi connectivity index (χ3v) is 5.78. The van der Waals surface area contributed by atoms with E-state index >= 15 is 0 Å². The second-order valence-electron chi connectivity index (χ2n) is 7.94. The molecule has 1 unspecified atom stereocenters. The van der Waals surface area contributed by atoms with Gasteiger partial charge in [-0.25, -0.2) is 0 Å². The number of hydrogen-bond donors (Lipinski definition) is 1. The fraction of sp³-hybridized carbons (Fsp3) is 0.240. The van der Waals surface area contributed by atoms with Gasteiger partial charge in [-0.1, -0.05) is 60.2 Å². The van der Waals surface area contributed by atoms with Gasteiger partial charge in [0.25, 0.3) is 5.69 Å². The van der Waals surface area contributed by atoms with Crippen LogP contribution < -0.4 is 10.2 Å². The highest BCUT2D eigenvalue weighted by molar-refractivity contribution is 5.95. The fourth-order valence-electron chi connectivity index (χ4n) is 4.12. The normalized spacial score (nSPS) is 15.2. The molecule has 0 spiro atoms. The molecule has 32 heavy (non-hydrogen) atoms. The number of nitrogens with zero attached hydrogens (tertiary/aromatic N) is 3. The maximum Gasteiger partial charge on any atom is 0.292 e. The van der Waals surface area contributed by atoms with Gasteiger partial charge in [-0.15, -0.1) is 0 Å². The van der Waals surface area contributed by atoms with Crippen LogP contribution in [0.4, 0.5) is 17.1 Å². The molecule has 1 saturated heterocycles. The van der Waals surface area contributed by atoms with E-state index in [1.807, 2.05) is 72.5 Å². The van der Waals surface area contributed by atoms with Gasteiger partial charge in [0.1, 0.15) is 11.7 Å². The van der Waals surface area contributed by atoms with Crippen molar-refractivity contribution in [3.63, 3.8) is 0 Å². The van der Waals surface area contributed by atoms with Crippen LogP contribution in [-0.4, -0.2) is 41.9 Å². The van der Waals surface area contributed by atoms with Crippen molar-refractivity contribution in [3.8, 4) is 0 Å². The number of carbonyl (C=O) groups is 1. The van der Waals surface area contributed by atoms with Crippen LogP contribution in [0.3, 0.4) is 0 Å². The smallest absolute Gasteiger partial charge is 0.292 e. The number of nitro groups is 1. The van der Waals surface area contributed by atoms with Crippen molar-refractivity contribution >= 4 is 23.0 Å². The molecule has 0 aliphatic carbocycles. The Balaban J connectivity index is 1.52. The maximum absolute atomic E-state index is 13.3. The number of benzene rings is 3. The average Bonchev–Trinajstić information content (AvgIpc) is 2.82. The zero-order valence-electron chi connectivity index (χ0n) is 18.0. The second kappa shape index (κ2) is 9.62. The van der Waals surface area contributed by atoms with E-state index in [-0.39, 0.29) is 16.5 Å². The highest BCUT2D eigenvalue weighted by atomic mass is 16.6. The number of hydrogen-bond acceptors (Lipinski definition) is 5. The molecule has 1 heterocycles. The van der Waals surface area contributed by atoms with Gasteiger partial charge in [-0.05, 0) is 30.7 Å². The number of amides is 1. The number of nitrogens with one attached hydrogen (secondary N) is 1. The molecule has 1 aliphatic heterocycles. The number of aryl methyl sites for hydroxylation is 1. The van der Waals surface area contributed by atoms with Crippen LogP contribution in [0.25, 0.3) is 0 Å². The number of carbonyl (C=O) groups excluding carboxylic acids is 1. The van der Waals surface area contributed by atoms with Crippen LogP contribution in [0.2, 0.25) is 0 Å². The van der Waals surface area contributed by atoms with Crippen molar-refractivity contribution in [1.29, 1.82) is 0 Å². The molecule has 1 atom stereocenters. The maximum atomic E-state index is 13.3. The fourth-order valence-corrected chi connectivity index (χ4v) is 4.12. The molecule has 1 fully saturated rings. The summed E-state index contributed by atoms with van der Waals surface area (Å²) in [6.07, 6.45) is 0. The van der Waals surface area contributed by atoms with E-state index in [0.717, 1.165) is 16.8 Å². The van der Waals surface area contributed by atoms with E-state index in [1.165, 1.54) is 6.07 Å². The highest BCUT2D eigenvalue weighted by Crippen LogP contribution is 2.30. The predicted molar refractivity (Wildman–Crippen MR) is 126 cm³/mol. The SMILES string of the molecule is Cc1ccc(NC(=O)C(c2ccccc2)N2CCN(c3ccccc3[N+](=O)[O-])CC2)cc1. The van der Waals surface area contributed by atoms with Gasteiger partial charge in [-0.2, -0.15) is 0 Å². The summed E-state index contributed by atoms with van der Waals surface area (Å²) in [7, 11) is 0. The third kappa shape index (κ3) is 4.78. The van der Waals surface area contributed by atoms with E-state index in [9.17, 15) is 14.9 Å². The molecule has 1 N–H and O–H groups in total. The van der Waals surface area contributed by atoms with Crippen LogP contribution in [-0.2, 0) is 4.79 Å². The summed E-state index contributed by atoms with van der Waals surface area (Å²) in [6, 6.07) is 23.9. The molecule has 1 aliphatic rings. The summed E-state index contributed by atoms with van der Waals surface area (Å²) in [4.78, 5) is 28.6. The van der Waals surface area contributed by atoms with Crippen molar-refractivity contribution in [2.75, 3.05) is 36.4 Å². The lowest BCUT2D eigenvalue weighted by Crippen LogP contribution is -2.50. The van der Waals surface area contributed by atoms with Crippen LogP contribution in [0.15, 0.2) is 78.9 Å². The Bertz CT molecular complexity index is 1080. The molecular formula is C25H26N4O3. The summed E-state index contributed by atoms with van der Waals surface area (Å²) in [5.74, 6) is -0.0841. The molecule has 0 aromatic heterocycles. The van der Waals surface area contributed by atoms with E-state index < -0.39 is 6.04 Å². The number of nitro benzene ring substituents is 1. The Morgan fingerprint density at radius 2 is 1.53 bits per heavy atom. The van der Waals surface area contributed by atoms with Gasteiger partial charge in [0, 0.05) is 37.9 Å². The summed E-state index contributed by atoms with van der Waals surface area (Å²) in [6.45, 7) is 4.45. The van der Waals surface area contributed by atoms with Gasteiger partial charge in [-0.3, -0.25) is 19.8 Å². The standard InChI is InChI=1S/C25H26N4O3/c1-19-11-13-21(14-12-19)26-25(30)24(20-7-3-2-4-8-20)28-17-15-27(16-18-28)22-9-5-6-10-23(22)29(31)32/h2-14,24H,15-18H2,1H3,(H,26,30). The predicted octanol–water partition coefficient (Wildman–Crippen LogP) is 4.41. The first-order valence-electron chi connectivity index (χ1n) is 10.7. The highest BCUT2D eigenvalue weighted by Gasteiger charge is 2.32. The molecule has 7 nitrogen and oxygen atoms in total. The zero-order valence-corrected chi connectivity index (χ0v) is 18.0. The van der Waals surface area contributed by atoms with Crippen molar-refractivity contribution in [2.45, 2.75) is 13.0 Å². The average molecular weight is 431 g/mol. The monoisotopic (exact) mass is 430 g/mol. The topological polar surface area (TPSA) is 78.7 Å². The zero-order chi connectivity index (χ0) is 22.5. The van der Waals surface area contributed by atoms with Crippen molar-refractivity contribution in [1.82, 2.24) is 4.90 Å². The molecule has 0 saturated carbocycles. The largest absolute Gasteiger partial charge is 0.363 e. The molecule has 1 amide bonds. The quantitative estimate of drug-likeness (QED) is 0.463. The lowest BCUT2D eigenvalue weighted by atomic mass is 10.0. The second-order valence-corrected chi connectivity index (χ2v) is 7.94. The van der Waals surface area contributed by atoms with E-state index in [4.69, 9.17) is 0 Å². The minimum atomic E-state index is -0.439. The summed E-state index contributed by atoms with van der Waals surface area (Å²) in [5.41, 5.74) is 3.56. The van der Waals surface area contributed by atoms with Crippen molar-refractivity contribution in [2.24, 2.45) is 0 Å². The Hall–Kier alpha value is -3.71. The van der Waals surface area contributed by atoms with Gasteiger partial charge in [0.2, 0.25) is 5.91 Å². The van der Waals surface area contributed by atoms with Crippen molar-refractivity contribution in [3.05, 3.63) is 100 Å². The molecule has 0 bridgehead atoms. The van der Waals surface area contributed by atoms with Gasteiger partial charge >= 0.3 is 0 Å². The molecule has 3 aromatic rings. The van der Waals surface area contributed by atoms with Crippen LogP contribution >= 0.6 is 0 Å². The molecule has 164 valence electrons. The molecule has 0 radical (unpaired) electrons. The van der Waals surface area contributed by atoms with Crippen LogP contribution in [0.1, 0.15) is 17.2 Å². The molecule has 3 aromatic carbocycles. The lowest BCUT2D eigenvalue weighted by Gasteiger charge is -2.39. The third-order valence-electron chi connectivity index (χ3n) is 5.78. The number of anilines is 2. The summed E-state index contributed by atoms with van der Waals surface area (Å²) in [5, 5.41) is 14.5. The Labute approximate surface area is 187 Å². The molecule has 7 heteroatoms. The summed E-state index contributed by atoms with van der Waals surface area (Å²) >= 11 is 0. The van der Waals surface area contributed by atoms with Crippen LogP contribution in [0, 0.1) is 17.0 Å². The Morgan fingerprint density at radius 3 is 2.19 bits per heavy atom. The van der Waals surface area contributed by atoms with Crippen LogP contribution in [0.5, 0.6) is 0 Å². The van der Waals surface area contributed by atoms with E-state index in [1.54, 1.807) is 12.1 Å². The number of rotatable bonds is 6. The number of piperazine rings is 1. The number of para-hydroxylation sites is 2. The van der Waals surface area contributed by atoms with Crippen molar-refractivity contribution < 1.29 is 9.72 Å². The van der Waals surface area contributed by atoms with E-state index in [0.29, 0.717) is 31.9 Å².